The van der Waals surface area contributed by atoms with E-state index in [2.05, 4.69) is 9.97 Å². The predicted molar refractivity (Wildman–Crippen MR) is 150 cm³/mol. The van der Waals surface area contributed by atoms with Crippen LogP contribution in [-0.2, 0) is 23.0 Å². The van der Waals surface area contributed by atoms with Gasteiger partial charge in [0.1, 0.15) is 11.3 Å². The summed E-state index contributed by atoms with van der Waals surface area (Å²) in [6.07, 6.45) is 3.11. The molecule has 0 saturated heterocycles. The van der Waals surface area contributed by atoms with Crippen molar-refractivity contribution in [2.75, 3.05) is 15.7 Å². The first kappa shape index (κ1) is 26.0. The van der Waals surface area contributed by atoms with E-state index in [4.69, 9.17) is 0 Å². The quantitative estimate of drug-likeness (QED) is 0.249. The van der Waals surface area contributed by atoms with Gasteiger partial charge in [-0.3, -0.25) is 19.0 Å². The largest absolute Gasteiger partial charge is 0.278 e. The van der Waals surface area contributed by atoms with Crippen LogP contribution in [0.4, 0.5) is 19.6 Å². The van der Waals surface area contributed by atoms with E-state index in [0.717, 1.165) is 29.4 Å². The summed E-state index contributed by atoms with van der Waals surface area (Å²) >= 11 is 0.979. The molecular formula is C29H22F2N4O3S2. The highest BCUT2D eigenvalue weighted by Crippen LogP contribution is 2.34. The van der Waals surface area contributed by atoms with Crippen LogP contribution >= 0.6 is 11.3 Å². The summed E-state index contributed by atoms with van der Waals surface area (Å²) in [6, 6.07) is 20.3. The number of hydrogen-bond acceptors (Lipinski definition) is 6. The van der Waals surface area contributed by atoms with Crippen molar-refractivity contribution in [1.29, 1.82) is 0 Å². The Morgan fingerprint density at radius 3 is 2.55 bits per heavy atom. The Kier molecular flexibility index (Phi) is 6.77. The number of rotatable bonds is 6. The summed E-state index contributed by atoms with van der Waals surface area (Å²) in [7, 11) is -3.85. The van der Waals surface area contributed by atoms with Crippen LogP contribution in [-0.4, -0.2) is 30.8 Å². The number of amides is 1. The number of sulfonamides is 1. The van der Waals surface area contributed by atoms with Crippen LogP contribution in [0.3, 0.4) is 0 Å². The highest BCUT2D eigenvalue weighted by molar-refractivity contribution is 7.92. The minimum Gasteiger partial charge on any atom is -0.278 e. The molecule has 5 aromatic rings. The van der Waals surface area contributed by atoms with Gasteiger partial charge in [-0.2, -0.15) is 0 Å². The fourth-order valence-corrected chi connectivity index (χ4v) is 7.29. The van der Waals surface area contributed by atoms with E-state index in [1.807, 2.05) is 18.2 Å². The van der Waals surface area contributed by atoms with Crippen LogP contribution in [0.5, 0.6) is 0 Å². The van der Waals surface area contributed by atoms with Gasteiger partial charge in [-0.25, -0.2) is 22.2 Å². The van der Waals surface area contributed by atoms with Crippen LogP contribution in [0.25, 0.3) is 10.2 Å². The smallest absolute Gasteiger partial charge is 0.264 e. The van der Waals surface area contributed by atoms with Gasteiger partial charge in [-0.1, -0.05) is 35.6 Å². The zero-order chi connectivity index (χ0) is 27.9. The number of fused-ring (bicyclic) bond motifs is 2. The molecule has 0 unspecified atom stereocenters. The van der Waals surface area contributed by atoms with Crippen molar-refractivity contribution in [2.45, 2.75) is 24.3 Å². The third kappa shape index (κ3) is 4.82. The van der Waals surface area contributed by atoms with Gasteiger partial charge < -0.3 is 0 Å². The van der Waals surface area contributed by atoms with Gasteiger partial charge in [0.25, 0.3) is 15.9 Å². The van der Waals surface area contributed by atoms with Crippen molar-refractivity contribution < 1.29 is 22.0 Å². The summed E-state index contributed by atoms with van der Waals surface area (Å²) in [5.74, 6) is -2.05. The molecule has 1 aliphatic heterocycles. The number of benzene rings is 3. The summed E-state index contributed by atoms with van der Waals surface area (Å²) in [5, 5.41) is 0.164. The molecule has 202 valence electrons. The lowest BCUT2D eigenvalue weighted by atomic mass is 10.0. The molecule has 40 heavy (non-hydrogen) atoms. The number of nitrogens with zero attached hydrogens (tertiary/aromatic N) is 4. The van der Waals surface area contributed by atoms with Crippen molar-refractivity contribution in [3.63, 3.8) is 0 Å². The number of aryl methyl sites for hydroxylation is 1. The standard InChI is InChI=1S/C29H22F2N4O3S2/c30-21-16-24(31)27-26(17-21)39-29(33-27)34(18-22-8-3-4-14-32-22)28(36)20-10-12-23(13-11-20)40(37,38)35-15-5-7-19-6-1-2-9-25(19)35/h1-4,6,8-14,16-17H,5,7,15,18H2. The Bertz CT molecular complexity index is 1830. The predicted octanol–water partition coefficient (Wildman–Crippen LogP) is 5.96. The van der Waals surface area contributed by atoms with Crippen molar-refractivity contribution in [1.82, 2.24) is 9.97 Å². The van der Waals surface area contributed by atoms with E-state index in [9.17, 15) is 22.0 Å². The maximum absolute atomic E-state index is 14.4. The summed E-state index contributed by atoms with van der Waals surface area (Å²) in [5.41, 5.74) is 2.37. The van der Waals surface area contributed by atoms with E-state index in [1.165, 1.54) is 39.5 Å². The summed E-state index contributed by atoms with van der Waals surface area (Å²) in [4.78, 5) is 23.7. The molecule has 0 radical (unpaired) electrons. The molecule has 11 heteroatoms. The average Bonchev–Trinajstić information content (AvgIpc) is 3.40. The van der Waals surface area contributed by atoms with Crippen molar-refractivity contribution in [2.24, 2.45) is 0 Å². The first-order chi connectivity index (χ1) is 19.3. The molecule has 6 rings (SSSR count). The van der Waals surface area contributed by atoms with Crippen LogP contribution in [0.1, 0.15) is 28.0 Å². The molecular weight excluding hydrogens is 554 g/mol. The van der Waals surface area contributed by atoms with E-state index >= 15 is 0 Å². The lowest BCUT2D eigenvalue weighted by molar-refractivity contribution is 0.0984. The second-order valence-electron chi connectivity index (χ2n) is 9.28. The fraction of sp³-hybridized carbons (Fsp3) is 0.138. The van der Waals surface area contributed by atoms with Gasteiger partial charge >= 0.3 is 0 Å². The van der Waals surface area contributed by atoms with E-state index < -0.39 is 27.6 Å². The second-order valence-corrected chi connectivity index (χ2v) is 12.1. The first-order valence-electron chi connectivity index (χ1n) is 12.5. The van der Waals surface area contributed by atoms with Gasteiger partial charge in [-0.05, 0) is 66.9 Å². The van der Waals surface area contributed by atoms with Gasteiger partial charge in [-0.15, -0.1) is 0 Å². The monoisotopic (exact) mass is 576 g/mol. The number of hydrogen-bond donors (Lipinski definition) is 0. The number of carbonyl (C=O) groups excluding carboxylic acids is 1. The number of thiazole rings is 1. The fourth-order valence-electron chi connectivity index (χ4n) is 4.74. The Balaban J connectivity index is 1.34. The molecule has 0 N–H and O–H groups in total. The third-order valence-electron chi connectivity index (χ3n) is 6.68. The van der Waals surface area contributed by atoms with Gasteiger partial charge in [0.05, 0.1) is 27.5 Å². The van der Waals surface area contributed by atoms with Gasteiger partial charge in [0.2, 0.25) is 0 Å². The van der Waals surface area contributed by atoms with E-state index in [-0.39, 0.29) is 32.4 Å². The SMILES string of the molecule is O=C(c1ccc(S(=O)(=O)N2CCCc3ccccc32)cc1)N(Cc1ccccn1)c1nc2c(F)cc(F)cc2s1. The van der Waals surface area contributed by atoms with Crippen LogP contribution in [0, 0.1) is 11.6 Å². The minimum absolute atomic E-state index is 0.0220. The molecule has 0 fully saturated rings. The maximum atomic E-state index is 14.4. The van der Waals surface area contributed by atoms with E-state index in [1.54, 1.807) is 30.5 Å². The number of para-hydroxylation sites is 1. The van der Waals surface area contributed by atoms with E-state index in [0.29, 0.717) is 24.3 Å². The Morgan fingerprint density at radius 2 is 1.77 bits per heavy atom. The highest BCUT2D eigenvalue weighted by atomic mass is 32.2. The Hall–Kier alpha value is -4.22. The summed E-state index contributed by atoms with van der Waals surface area (Å²) < 4.78 is 57.0. The molecule has 3 aromatic carbocycles. The van der Waals surface area contributed by atoms with Gasteiger partial charge in [0.15, 0.2) is 10.9 Å². The van der Waals surface area contributed by atoms with Crippen LogP contribution in [0.2, 0.25) is 0 Å². The number of halogens is 2. The van der Waals surface area contributed by atoms with Crippen molar-refractivity contribution in [3.05, 3.63) is 114 Å². The number of anilines is 2. The average molecular weight is 577 g/mol. The molecule has 0 saturated carbocycles. The molecule has 7 nitrogen and oxygen atoms in total. The molecule has 0 spiro atoms. The van der Waals surface area contributed by atoms with Crippen molar-refractivity contribution in [3.8, 4) is 0 Å². The lowest BCUT2D eigenvalue weighted by Gasteiger charge is -2.30. The zero-order valence-corrected chi connectivity index (χ0v) is 22.6. The molecule has 0 aliphatic carbocycles. The molecule has 2 aromatic heterocycles. The molecule has 1 aliphatic rings. The normalized spacial score (nSPS) is 13.3. The molecule has 1 amide bonds. The number of carbonyl (C=O) groups is 1. The minimum atomic E-state index is -3.85. The maximum Gasteiger partial charge on any atom is 0.264 e. The molecule has 3 heterocycles. The number of aromatic nitrogens is 2. The molecule has 0 atom stereocenters. The molecule has 0 bridgehead atoms. The lowest BCUT2D eigenvalue weighted by Crippen LogP contribution is -2.35. The first-order valence-corrected chi connectivity index (χ1v) is 14.7. The topological polar surface area (TPSA) is 83.5 Å². The second kappa shape index (κ2) is 10.4. The summed E-state index contributed by atoms with van der Waals surface area (Å²) in [6.45, 7) is 0.390. The van der Waals surface area contributed by atoms with Crippen molar-refractivity contribution >= 4 is 48.3 Å². The van der Waals surface area contributed by atoms with Crippen LogP contribution < -0.4 is 9.21 Å². The number of pyridine rings is 1. The van der Waals surface area contributed by atoms with Crippen LogP contribution in [0.15, 0.2) is 90.0 Å². The zero-order valence-electron chi connectivity index (χ0n) is 21.0. The third-order valence-corrected chi connectivity index (χ3v) is 9.53. The van der Waals surface area contributed by atoms with Gasteiger partial charge in [0, 0.05) is 24.4 Å². The highest BCUT2D eigenvalue weighted by Gasteiger charge is 2.30. The Labute approximate surface area is 233 Å². The Morgan fingerprint density at radius 1 is 1.00 bits per heavy atom.